The fourth-order valence-electron chi connectivity index (χ4n) is 2.39. The van der Waals surface area contributed by atoms with E-state index in [2.05, 4.69) is 5.32 Å². The lowest BCUT2D eigenvalue weighted by Crippen LogP contribution is -2.37. The van der Waals surface area contributed by atoms with E-state index in [1.807, 2.05) is 38.1 Å². The number of rotatable bonds is 6. The molecule has 122 valence electrons. The standard InChI is InChI=1S/C19H23NO3/c1-13-7-5-6-8-18(13)14(2)20-19(21)15(3)23-17-11-9-16(22-4)10-12-17/h5-12,14-15H,1-4H3,(H,20,21). The topological polar surface area (TPSA) is 47.6 Å². The number of ether oxygens (including phenoxy) is 2. The van der Waals surface area contributed by atoms with Gasteiger partial charge in [0.15, 0.2) is 6.10 Å². The second kappa shape index (κ2) is 7.68. The highest BCUT2D eigenvalue weighted by Crippen LogP contribution is 2.19. The zero-order chi connectivity index (χ0) is 16.8. The van der Waals surface area contributed by atoms with Crippen molar-refractivity contribution in [2.24, 2.45) is 0 Å². The monoisotopic (exact) mass is 313 g/mol. The average Bonchev–Trinajstić information content (AvgIpc) is 2.55. The normalized spacial score (nSPS) is 13.0. The number of nitrogens with one attached hydrogen (secondary N) is 1. The second-order valence-corrected chi connectivity index (χ2v) is 5.52. The minimum absolute atomic E-state index is 0.0642. The molecule has 0 saturated heterocycles. The van der Waals surface area contributed by atoms with E-state index >= 15 is 0 Å². The summed E-state index contributed by atoms with van der Waals surface area (Å²) in [6.45, 7) is 5.75. The van der Waals surface area contributed by atoms with Gasteiger partial charge in [-0.25, -0.2) is 0 Å². The molecule has 0 saturated carbocycles. The minimum Gasteiger partial charge on any atom is -0.497 e. The molecule has 2 aromatic carbocycles. The summed E-state index contributed by atoms with van der Waals surface area (Å²) in [7, 11) is 1.61. The summed E-state index contributed by atoms with van der Waals surface area (Å²) >= 11 is 0. The molecular weight excluding hydrogens is 290 g/mol. The van der Waals surface area contributed by atoms with E-state index < -0.39 is 6.10 Å². The van der Waals surface area contributed by atoms with Crippen LogP contribution in [-0.4, -0.2) is 19.1 Å². The third kappa shape index (κ3) is 4.49. The number of methoxy groups -OCH3 is 1. The molecule has 0 spiro atoms. The molecule has 2 atom stereocenters. The molecule has 0 bridgehead atoms. The fraction of sp³-hybridized carbons (Fsp3) is 0.316. The van der Waals surface area contributed by atoms with Crippen molar-refractivity contribution in [2.75, 3.05) is 7.11 Å². The predicted molar refractivity (Wildman–Crippen MR) is 90.8 cm³/mol. The summed E-state index contributed by atoms with van der Waals surface area (Å²) < 4.78 is 10.8. The van der Waals surface area contributed by atoms with Gasteiger partial charge < -0.3 is 14.8 Å². The van der Waals surface area contributed by atoms with Crippen molar-refractivity contribution < 1.29 is 14.3 Å². The van der Waals surface area contributed by atoms with Gasteiger partial charge in [0.25, 0.3) is 5.91 Å². The molecule has 0 fully saturated rings. The van der Waals surface area contributed by atoms with Crippen LogP contribution < -0.4 is 14.8 Å². The molecule has 0 aliphatic carbocycles. The molecule has 1 N–H and O–H groups in total. The van der Waals surface area contributed by atoms with Crippen LogP contribution in [0.4, 0.5) is 0 Å². The Bertz CT molecular complexity index is 652. The third-order valence-electron chi connectivity index (χ3n) is 3.76. The number of carbonyl (C=O) groups excluding carboxylic acids is 1. The molecule has 0 aromatic heterocycles. The lowest BCUT2D eigenvalue weighted by atomic mass is 10.0. The number of benzene rings is 2. The van der Waals surface area contributed by atoms with E-state index in [9.17, 15) is 4.79 Å². The van der Waals surface area contributed by atoms with Gasteiger partial charge in [0.1, 0.15) is 11.5 Å². The quantitative estimate of drug-likeness (QED) is 0.885. The van der Waals surface area contributed by atoms with Gasteiger partial charge in [0, 0.05) is 0 Å². The summed E-state index contributed by atoms with van der Waals surface area (Å²) in [5.74, 6) is 1.25. The van der Waals surface area contributed by atoms with E-state index in [0.29, 0.717) is 5.75 Å². The molecule has 0 aliphatic rings. The fourth-order valence-corrected chi connectivity index (χ4v) is 2.39. The maximum absolute atomic E-state index is 12.3. The molecule has 2 rings (SSSR count). The van der Waals surface area contributed by atoms with E-state index in [-0.39, 0.29) is 11.9 Å². The van der Waals surface area contributed by atoms with Crippen LogP contribution in [-0.2, 0) is 4.79 Å². The first-order chi connectivity index (χ1) is 11.0. The van der Waals surface area contributed by atoms with Gasteiger partial charge in [-0.05, 0) is 56.2 Å². The third-order valence-corrected chi connectivity index (χ3v) is 3.76. The number of hydrogen-bond donors (Lipinski definition) is 1. The Balaban J connectivity index is 1.95. The predicted octanol–water partition coefficient (Wildman–Crippen LogP) is 3.65. The minimum atomic E-state index is -0.574. The maximum atomic E-state index is 12.3. The molecule has 4 heteroatoms. The Kier molecular flexibility index (Phi) is 5.63. The van der Waals surface area contributed by atoms with Crippen molar-refractivity contribution in [2.45, 2.75) is 32.9 Å². The van der Waals surface area contributed by atoms with Crippen LogP contribution in [0, 0.1) is 6.92 Å². The molecule has 0 heterocycles. The highest BCUT2D eigenvalue weighted by atomic mass is 16.5. The van der Waals surface area contributed by atoms with Gasteiger partial charge in [0.05, 0.1) is 13.2 Å². The van der Waals surface area contributed by atoms with Gasteiger partial charge in [-0.15, -0.1) is 0 Å². The van der Waals surface area contributed by atoms with Crippen molar-refractivity contribution in [3.63, 3.8) is 0 Å². The van der Waals surface area contributed by atoms with E-state index in [1.54, 1.807) is 38.3 Å². The molecular formula is C19H23NO3. The van der Waals surface area contributed by atoms with Crippen LogP contribution in [0.3, 0.4) is 0 Å². The highest BCUT2D eigenvalue weighted by Gasteiger charge is 2.18. The Morgan fingerprint density at radius 2 is 1.61 bits per heavy atom. The first-order valence-corrected chi connectivity index (χ1v) is 7.68. The van der Waals surface area contributed by atoms with Crippen LogP contribution in [0.1, 0.15) is 31.0 Å². The van der Waals surface area contributed by atoms with Crippen LogP contribution in [0.25, 0.3) is 0 Å². The summed E-state index contributed by atoms with van der Waals surface area (Å²) in [5.41, 5.74) is 2.27. The van der Waals surface area contributed by atoms with Crippen molar-refractivity contribution >= 4 is 5.91 Å². The van der Waals surface area contributed by atoms with Gasteiger partial charge in [0.2, 0.25) is 0 Å². The maximum Gasteiger partial charge on any atom is 0.261 e. The number of aryl methyl sites for hydroxylation is 1. The smallest absolute Gasteiger partial charge is 0.261 e. The molecule has 0 aliphatic heterocycles. The lowest BCUT2D eigenvalue weighted by Gasteiger charge is -2.20. The van der Waals surface area contributed by atoms with E-state index in [0.717, 1.165) is 16.9 Å². The van der Waals surface area contributed by atoms with Gasteiger partial charge in [-0.1, -0.05) is 24.3 Å². The van der Waals surface area contributed by atoms with Gasteiger partial charge >= 0.3 is 0 Å². The van der Waals surface area contributed by atoms with Crippen molar-refractivity contribution in [3.8, 4) is 11.5 Å². The van der Waals surface area contributed by atoms with E-state index in [4.69, 9.17) is 9.47 Å². The number of amides is 1. The SMILES string of the molecule is COc1ccc(OC(C)C(=O)NC(C)c2ccccc2C)cc1. The lowest BCUT2D eigenvalue weighted by molar-refractivity contribution is -0.127. The zero-order valence-electron chi connectivity index (χ0n) is 14.0. The highest BCUT2D eigenvalue weighted by molar-refractivity contribution is 5.81. The first-order valence-electron chi connectivity index (χ1n) is 7.68. The molecule has 0 radical (unpaired) electrons. The number of carbonyl (C=O) groups is 1. The average molecular weight is 313 g/mol. The Morgan fingerprint density at radius 1 is 1.00 bits per heavy atom. The largest absolute Gasteiger partial charge is 0.497 e. The van der Waals surface area contributed by atoms with Crippen molar-refractivity contribution in [1.29, 1.82) is 0 Å². The Hall–Kier alpha value is -2.49. The summed E-state index contributed by atoms with van der Waals surface area (Å²) in [6.07, 6.45) is -0.574. The van der Waals surface area contributed by atoms with E-state index in [1.165, 1.54) is 0 Å². The Labute approximate surface area is 137 Å². The van der Waals surface area contributed by atoms with Crippen LogP contribution in [0.15, 0.2) is 48.5 Å². The molecule has 1 amide bonds. The molecule has 4 nitrogen and oxygen atoms in total. The summed E-state index contributed by atoms with van der Waals surface area (Å²) in [5, 5.41) is 2.99. The van der Waals surface area contributed by atoms with Crippen LogP contribution >= 0.6 is 0 Å². The molecule has 2 aromatic rings. The summed E-state index contributed by atoms with van der Waals surface area (Å²) in [6, 6.07) is 15.1. The first kappa shape index (κ1) is 16.9. The van der Waals surface area contributed by atoms with Crippen LogP contribution in [0.2, 0.25) is 0 Å². The summed E-state index contributed by atoms with van der Waals surface area (Å²) in [4.78, 5) is 12.3. The van der Waals surface area contributed by atoms with Crippen molar-refractivity contribution in [3.05, 3.63) is 59.7 Å². The zero-order valence-corrected chi connectivity index (χ0v) is 14.0. The molecule has 2 unspecified atom stereocenters. The van der Waals surface area contributed by atoms with Crippen LogP contribution in [0.5, 0.6) is 11.5 Å². The molecule has 23 heavy (non-hydrogen) atoms. The van der Waals surface area contributed by atoms with Gasteiger partial charge in [-0.3, -0.25) is 4.79 Å². The van der Waals surface area contributed by atoms with Gasteiger partial charge in [-0.2, -0.15) is 0 Å². The van der Waals surface area contributed by atoms with Crippen molar-refractivity contribution in [1.82, 2.24) is 5.32 Å². The number of hydrogen-bond acceptors (Lipinski definition) is 3. The second-order valence-electron chi connectivity index (χ2n) is 5.52. The Morgan fingerprint density at radius 3 is 2.22 bits per heavy atom.